The summed E-state index contributed by atoms with van der Waals surface area (Å²) >= 11 is 0. The molecule has 0 saturated carbocycles. The molecule has 23 heavy (non-hydrogen) atoms. The predicted octanol–water partition coefficient (Wildman–Crippen LogP) is 1.87. The zero-order chi connectivity index (χ0) is 16.2. The van der Waals surface area contributed by atoms with E-state index in [0.717, 1.165) is 31.4 Å². The number of aryl methyl sites for hydroxylation is 1. The maximum Gasteiger partial charge on any atom is 0.434 e. The first-order valence-corrected chi connectivity index (χ1v) is 8.07. The van der Waals surface area contributed by atoms with Gasteiger partial charge in [0.2, 0.25) is 11.8 Å². The van der Waals surface area contributed by atoms with Gasteiger partial charge in [-0.2, -0.15) is 0 Å². The number of carbonyl (C=O) groups is 1. The summed E-state index contributed by atoms with van der Waals surface area (Å²) in [5.41, 5.74) is 2.31. The van der Waals surface area contributed by atoms with Crippen LogP contribution in [0.25, 0.3) is 0 Å². The normalized spacial score (nSPS) is 18.1. The van der Waals surface area contributed by atoms with Gasteiger partial charge in [0.25, 0.3) is 0 Å². The number of H-pyrrole nitrogens is 1. The van der Waals surface area contributed by atoms with Crippen molar-refractivity contribution < 1.29 is 9.21 Å². The van der Waals surface area contributed by atoms with Crippen LogP contribution in [0.5, 0.6) is 0 Å². The largest absolute Gasteiger partial charge is 0.434 e. The van der Waals surface area contributed by atoms with Gasteiger partial charge in [-0.25, -0.2) is 9.89 Å². The molecule has 0 spiro atoms. The van der Waals surface area contributed by atoms with Gasteiger partial charge in [-0.1, -0.05) is 31.2 Å². The molecule has 0 bridgehead atoms. The van der Waals surface area contributed by atoms with E-state index in [1.54, 1.807) is 0 Å². The van der Waals surface area contributed by atoms with E-state index < -0.39 is 5.76 Å². The number of carbonyl (C=O) groups excluding carboxylic acids is 1. The van der Waals surface area contributed by atoms with Crippen LogP contribution in [-0.4, -0.2) is 34.1 Å². The summed E-state index contributed by atoms with van der Waals surface area (Å²) < 4.78 is 5.05. The lowest BCUT2D eigenvalue weighted by Crippen LogP contribution is -2.40. The number of nitrogens with one attached hydrogen (secondary N) is 1. The number of aromatic nitrogens is 2. The average molecular weight is 315 g/mol. The molecule has 1 N–H and O–H groups in total. The highest BCUT2D eigenvalue weighted by Crippen LogP contribution is 2.25. The van der Waals surface area contributed by atoms with E-state index in [2.05, 4.69) is 23.2 Å². The molecule has 1 saturated heterocycles. The first kappa shape index (κ1) is 15.5. The molecule has 6 heteroatoms. The molecular weight excluding hydrogens is 294 g/mol. The number of hydrogen-bond donors (Lipinski definition) is 1. The van der Waals surface area contributed by atoms with E-state index in [9.17, 15) is 9.59 Å². The molecule has 1 aliphatic heterocycles. The fraction of sp³-hybridized carbons (Fsp3) is 0.471. The summed E-state index contributed by atoms with van der Waals surface area (Å²) in [5, 5.41) is 6.19. The zero-order valence-electron chi connectivity index (χ0n) is 13.2. The molecular formula is C17H21N3O3. The van der Waals surface area contributed by atoms with Gasteiger partial charge in [0.05, 0.1) is 12.3 Å². The third-order valence-corrected chi connectivity index (χ3v) is 4.42. The molecule has 1 fully saturated rings. The molecule has 1 amide bonds. The Kier molecular flexibility index (Phi) is 4.60. The minimum atomic E-state index is -0.541. The Labute approximate surface area is 134 Å². The number of hydrogen-bond acceptors (Lipinski definition) is 4. The summed E-state index contributed by atoms with van der Waals surface area (Å²) in [4.78, 5) is 25.6. The Morgan fingerprint density at radius 1 is 1.39 bits per heavy atom. The molecule has 122 valence electrons. The first-order chi connectivity index (χ1) is 11.2. The van der Waals surface area contributed by atoms with Gasteiger partial charge < -0.3 is 9.32 Å². The number of nitrogens with zero attached hydrogens (tertiary/aromatic N) is 2. The van der Waals surface area contributed by atoms with E-state index in [4.69, 9.17) is 4.42 Å². The van der Waals surface area contributed by atoms with Crippen molar-refractivity contribution in [2.45, 2.75) is 38.5 Å². The third-order valence-electron chi connectivity index (χ3n) is 4.42. The molecule has 1 aliphatic rings. The van der Waals surface area contributed by atoms with Crippen LogP contribution in [0.1, 0.15) is 42.7 Å². The number of amides is 1. The molecule has 0 aliphatic carbocycles. The first-order valence-electron chi connectivity index (χ1n) is 8.07. The van der Waals surface area contributed by atoms with Crippen molar-refractivity contribution in [3.8, 4) is 0 Å². The van der Waals surface area contributed by atoms with Crippen LogP contribution < -0.4 is 5.76 Å². The van der Waals surface area contributed by atoms with E-state index in [1.165, 1.54) is 5.56 Å². The highest BCUT2D eigenvalue weighted by atomic mass is 16.4. The fourth-order valence-electron chi connectivity index (χ4n) is 3.17. The van der Waals surface area contributed by atoms with Crippen molar-refractivity contribution in [3.63, 3.8) is 0 Å². The van der Waals surface area contributed by atoms with Gasteiger partial charge >= 0.3 is 5.76 Å². The molecule has 6 nitrogen and oxygen atoms in total. The van der Waals surface area contributed by atoms with Gasteiger partial charge in [0, 0.05) is 13.1 Å². The van der Waals surface area contributed by atoms with Crippen LogP contribution in [0.4, 0.5) is 0 Å². The SMILES string of the molecule is CCc1ccccc1CC(=O)N1CCCC(c2n[nH]c(=O)o2)C1. The molecule has 2 aromatic rings. The molecule has 0 radical (unpaired) electrons. The number of piperidine rings is 1. The lowest BCUT2D eigenvalue weighted by atomic mass is 9.96. The van der Waals surface area contributed by atoms with Gasteiger partial charge in [0.1, 0.15) is 0 Å². The van der Waals surface area contributed by atoms with Crippen LogP contribution in [-0.2, 0) is 17.6 Å². The van der Waals surface area contributed by atoms with Crippen LogP contribution in [0.15, 0.2) is 33.5 Å². The molecule has 1 aromatic heterocycles. The summed E-state index contributed by atoms with van der Waals surface area (Å²) in [6.07, 6.45) is 3.11. The average Bonchev–Trinajstić information content (AvgIpc) is 3.02. The minimum absolute atomic E-state index is 0.00642. The van der Waals surface area contributed by atoms with Crippen molar-refractivity contribution in [2.75, 3.05) is 13.1 Å². The minimum Gasteiger partial charge on any atom is -0.392 e. The number of rotatable bonds is 4. The molecule has 1 aromatic carbocycles. The lowest BCUT2D eigenvalue weighted by molar-refractivity contribution is -0.131. The summed E-state index contributed by atoms with van der Waals surface area (Å²) in [5.74, 6) is -0.0247. The number of likely N-dealkylation sites (tertiary alicyclic amines) is 1. The van der Waals surface area contributed by atoms with Crippen LogP contribution >= 0.6 is 0 Å². The summed E-state index contributed by atoms with van der Waals surface area (Å²) in [6.45, 7) is 3.40. The molecule has 3 rings (SSSR count). The Morgan fingerprint density at radius 2 is 2.17 bits per heavy atom. The van der Waals surface area contributed by atoms with Crippen LogP contribution in [0.3, 0.4) is 0 Å². The highest BCUT2D eigenvalue weighted by molar-refractivity contribution is 5.79. The Balaban J connectivity index is 1.68. The predicted molar refractivity (Wildman–Crippen MR) is 85.2 cm³/mol. The monoisotopic (exact) mass is 315 g/mol. The highest BCUT2D eigenvalue weighted by Gasteiger charge is 2.28. The zero-order valence-corrected chi connectivity index (χ0v) is 13.2. The fourth-order valence-corrected chi connectivity index (χ4v) is 3.17. The van der Waals surface area contributed by atoms with Crippen molar-refractivity contribution in [2.24, 2.45) is 0 Å². The molecule has 2 heterocycles. The second kappa shape index (κ2) is 6.81. The second-order valence-corrected chi connectivity index (χ2v) is 5.93. The summed E-state index contributed by atoms with van der Waals surface area (Å²) in [7, 11) is 0. The lowest BCUT2D eigenvalue weighted by Gasteiger charge is -2.31. The van der Waals surface area contributed by atoms with Crippen molar-refractivity contribution in [1.82, 2.24) is 15.1 Å². The van der Waals surface area contributed by atoms with E-state index in [-0.39, 0.29) is 11.8 Å². The van der Waals surface area contributed by atoms with Crippen LogP contribution in [0, 0.1) is 0 Å². The van der Waals surface area contributed by atoms with Crippen LogP contribution in [0.2, 0.25) is 0 Å². The second-order valence-electron chi connectivity index (χ2n) is 5.93. The summed E-state index contributed by atoms with van der Waals surface area (Å²) in [6, 6.07) is 8.06. The number of benzene rings is 1. The molecule has 1 atom stereocenters. The molecule has 1 unspecified atom stereocenters. The van der Waals surface area contributed by atoms with Crippen molar-refractivity contribution in [1.29, 1.82) is 0 Å². The van der Waals surface area contributed by atoms with Crippen molar-refractivity contribution in [3.05, 3.63) is 51.8 Å². The van der Waals surface area contributed by atoms with E-state index >= 15 is 0 Å². The Bertz CT molecular complexity index is 734. The maximum absolute atomic E-state index is 12.6. The van der Waals surface area contributed by atoms with Gasteiger partial charge in [0.15, 0.2) is 0 Å². The maximum atomic E-state index is 12.6. The Hall–Kier alpha value is -2.37. The van der Waals surface area contributed by atoms with E-state index in [1.807, 2.05) is 23.1 Å². The Morgan fingerprint density at radius 3 is 2.87 bits per heavy atom. The van der Waals surface area contributed by atoms with Gasteiger partial charge in [-0.05, 0) is 30.4 Å². The van der Waals surface area contributed by atoms with Gasteiger partial charge in [-0.3, -0.25) is 4.79 Å². The number of aromatic amines is 1. The quantitative estimate of drug-likeness (QED) is 0.934. The van der Waals surface area contributed by atoms with Crippen molar-refractivity contribution >= 4 is 5.91 Å². The van der Waals surface area contributed by atoms with E-state index in [0.29, 0.717) is 18.9 Å². The topological polar surface area (TPSA) is 79.2 Å². The third kappa shape index (κ3) is 3.52. The van der Waals surface area contributed by atoms with Gasteiger partial charge in [-0.15, -0.1) is 5.10 Å². The standard InChI is InChI=1S/C17H21N3O3/c1-2-12-6-3-4-7-13(12)10-15(21)20-9-5-8-14(11-20)16-18-19-17(22)23-16/h3-4,6-7,14H,2,5,8-11H2,1H3,(H,19,22). The smallest absolute Gasteiger partial charge is 0.392 e.